The summed E-state index contributed by atoms with van der Waals surface area (Å²) < 4.78 is 4.77. The van der Waals surface area contributed by atoms with Crippen molar-refractivity contribution in [2.45, 2.75) is 64.7 Å². The second-order valence-corrected chi connectivity index (χ2v) is 9.16. The number of aryl methyl sites for hydroxylation is 1. The lowest BCUT2D eigenvalue weighted by molar-refractivity contribution is 0.0600. The number of rotatable bonds is 4. The molecule has 2 heteroatoms. The molecular formula is C26H32O2. The van der Waals surface area contributed by atoms with Gasteiger partial charge in [0.1, 0.15) is 0 Å². The summed E-state index contributed by atoms with van der Waals surface area (Å²) >= 11 is 0. The maximum absolute atomic E-state index is 11.6. The van der Waals surface area contributed by atoms with Gasteiger partial charge in [-0.05, 0) is 70.0 Å². The molecule has 0 bridgehead atoms. The zero-order valence-electron chi connectivity index (χ0n) is 18.1. The van der Waals surface area contributed by atoms with Gasteiger partial charge >= 0.3 is 5.97 Å². The molecule has 28 heavy (non-hydrogen) atoms. The van der Waals surface area contributed by atoms with E-state index in [1.165, 1.54) is 42.2 Å². The minimum atomic E-state index is -0.302. The van der Waals surface area contributed by atoms with E-state index in [4.69, 9.17) is 4.74 Å². The molecule has 1 aliphatic rings. The van der Waals surface area contributed by atoms with Crippen LogP contribution in [-0.4, -0.2) is 13.1 Å². The van der Waals surface area contributed by atoms with Gasteiger partial charge in [-0.15, -0.1) is 0 Å². The highest BCUT2D eigenvalue weighted by Crippen LogP contribution is 2.46. The molecule has 0 fully saturated rings. The molecule has 0 spiro atoms. The molecule has 0 unspecified atom stereocenters. The predicted molar refractivity (Wildman–Crippen MR) is 118 cm³/mol. The highest BCUT2D eigenvalue weighted by atomic mass is 16.5. The fourth-order valence-corrected chi connectivity index (χ4v) is 4.17. The number of esters is 1. The molecule has 0 aromatic heterocycles. The zero-order chi connectivity index (χ0) is 20.5. The van der Waals surface area contributed by atoms with E-state index in [1.807, 2.05) is 24.3 Å². The summed E-state index contributed by atoms with van der Waals surface area (Å²) in [6.45, 7) is 11.7. The Balaban J connectivity index is 1.98. The lowest BCUT2D eigenvalue weighted by atomic mass is 9.62. The molecule has 2 aromatic rings. The number of benzene rings is 2. The summed E-state index contributed by atoms with van der Waals surface area (Å²) in [5.74, 6) is -0.302. The average molecular weight is 377 g/mol. The molecule has 0 radical (unpaired) electrons. The van der Waals surface area contributed by atoms with Crippen LogP contribution in [0.25, 0.3) is 12.2 Å². The van der Waals surface area contributed by atoms with Crippen LogP contribution < -0.4 is 0 Å². The van der Waals surface area contributed by atoms with Gasteiger partial charge in [0, 0.05) is 0 Å². The SMILES string of the molecule is CCc1cc2c(cc1/C=C/c1ccc(C(=O)OC)cc1)C(C)(C)CCC2(C)C. The van der Waals surface area contributed by atoms with Gasteiger partial charge in [0.05, 0.1) is 12.7 Å². The summed E-state index contributed by atoms with van der Waals surface area (Å²) in [7, 11) is 1.40. The smallest absolute Gasteiger partial charge is 0.337 e. The first kappa shape index (κ1) is 20.4. The standard InChI is InChI=1S/C26H32O2/c1-7-19-16-22-23(26(4,5)15-14-25(22,2)3)17-21(19)13-10-18-8-11-20(12-9-18)24(27)28-6/h8-13,16-17H,7,14-15H2,1-6H3/b13-10+. The average Bonchev–Trinajstić information content (AvgIpc) is 2.69. The fourth-order valence-electron chi connectivity index (χ4n) is 4.17. The predicted octanol–water partition coefficient (Wildman–Crippen LogP) is 6.56. The molecule has 0 saturated heterocycles. The molecule has 0 saturated carbocycles. The first-order valence-electron chi connectivity index (χ1n) is 10.2. The lowest BCUT2D eigenvalue weighted by Gasteiger charge is -2.42. The highest BCUT2D eigenvalue weighted by molar-refractivity contribution is 5.89. The van der Waals surface area contributed by atoms with Crippen molar-refractivity contribution in [1.82, 2.24) is 0 Å². The Morgan fingerprint density at radius 1 is 0.964 bits per heavy atom. The van der Waals surface area contributed by atoms with Crippen molar-refractivity contribution < 1.29 is 9.53 Å². The van der Waals surface area contributed by atoms with Crippen LogP contribution >= 0.6 is 0 Å². The van der Waals surface area contributed by atoms with E-state index in [0.717, 1.165) is 12.0 Å². The maximum atomic E-state index is 11.6. The van der Waals surface area contributed by atoms with Crippen LogP contribution in [0.3, 0.4) is 0 Å². The Kier molecular flexibility index (Phi) is 5.52. The van der Waals surface area contributed by atoms with Gasteiger partial charge in [0.2, 0.25) is 0 Å². The lowest BCUT2D eigenvalue weighted by Crippen LogP contribution is -2.34. The number of carbonyl (C=O) groups excluding carboxylic acids is 1. The van der Waals surface area contributed by atoms with Crippen LogP contribution in [0.4, 0.5) is 0 Å². The zero-order valence-corrected chi connectivity index (χ0v) is 18.1. The second kappa shape index (κ2) is 7.58. The minimum absolute atomic E-state index is 0.210. The number of carbonyl (C=O) groups is 1. The fraction of sp³-hybridized carbons (Fsp3) is 0.423. The molecule has 0 heterocycles. The monoisotopic (exact) mass is 376 g/mol. The summed E-state index contributed by atoms with van der Waals surface area (Å²) in [6, 6.07) is 12.4. The van der Waals surface area contributed by atoms with Crippen molar-refractivity contribution in [3.63, 3.8) is 0 Å². The van der Waals surface area contributed by atoms with Gasteiger partial charge in [-0.2, -0.15) is 0 Å². The molecule has 0 atom stereocenters. The molecule has 1 aliphatic carbocycles. The van der Waals surface area contributed by atoms with Gasteiger partial charge in [-0.3, -0.25) is 0 Å². The quantitative estimate of drug-likeness (QED) is 0.446. The van der Waals surface area contributed by atoms with Crippen LogP contribution in [0.15, 0.2) is 36.4 Å². The van der Waals surface area contributed by atoms with Crippen molar-refractivity contribution >= 4 is 18.1 Å². The Labute approximate surface area is 169 Å². The largest absolute Gasteiger partial charge is 0.465 e. The van der Waals surface area contributed by atoms with E-state index < -0.39 is 0 Å². The second-order valence-electron chi connectivity index (χ2n) is 9.16. The van der Waals surface area contributed by atoms with E-state index in [1.54, 1.807) is 0 Å². The molecule has 0 amide bonds. The molecule has 148 valence electrons. The van der Waals surface area contributed by atoms with Crippen LogP contribution in [0.1, 0.15) is 85.6 Å². The third kappa shape index (κ3) is 3.92. The molecule has 0 N–H and O–H groups in total. The Bertz CT molecular complexity index is 899. The van der Waals surface area contributed by atoms with E-state index >= 15 is 0 Å². The van der Waals surface area contributed by atoms with E-state index in [0.29, 0.717) is 5.56 Å². The minimum Gasteiger partial charge on any atom is -0.465 e. The van der Waals surface area contributed by atoms with Gasteiger partial charge < -0.3 is 4.74 Å². The van der Waals surface area contributed by atoms with Crippen molar-refractivity contribution in [1.29, 1.82) is 0 Å². The first-order valence-corrected chi connectivity index (χ1v) is 10.2. The maximum Gasteiger partial charge on any atom is 0.337 e. The molecule has 0 aliphatic heterocycles. The number of fused-ring (bicyclic) bond motifs is 1. The first-order chi connectivity index (χ1) is 13.2. The number of ether oxygens (including phenoxy) is 1. The van der Waals surface area contributed by atoms with Crippen molar-refractivity contribution in [2.75, 3.05) is 7.11 Å². The highest BCUT2D eigenvalue weighted by Gasteiger charge is 2.37. The number of hydrogen-bond donors (Lipinski definition) is 0. The van der Waals surface area contributed by atoms with Gasteiger partial charge in [0.15, 0.2) is 0 Å². The molecule has 2 aromatic carbocycles. The van der Waals surface area contributed by atoms with Crippen LogP contribution in [-0.2, 0) is 22.0 Å². The van der Waals surface area contributed by atoms with Crippen LogP contribution in [0.5, 0.6) is 0 Å². The summed E-state index contributed by atoms with van der Waals surface area (Å²) in [5.41, 5.74) is 7.79. The Hall–Kier alpha value is -2.35. The van der Waals surface area contributed by atoms with E-state index in [2.05, 4.69) is 58.9 Å². The molecule has 2 nitrogen and oxygen atoms in total. The molecule has 3 rings (SSSR count). The topological polar surface area (TPSA) is 26.3 Å². The molecular weight excluding hydrogens is 344 g/mol. The van der Waals surface area contributed by atoms with Crippen molar-refractivity contribution in [3.8, 4) is 0 Å². The van der Waals surface area contributed by atoms with Crippen LogP contribution in [0.2, 0.25) is 0 Å². The van der Waals surface area contributed by atoms with Gasteiger partial charge in [-0.25, -0.2) is 4.79 Å². The normalized spacial score (nSPS) is 17.4. The van der Waals surface area contributed by atoms with Crippen molar-refractivity contribution in [3.05, 3.63) is 69.8 Å². The Morgan fingerprint density at radius 3 is 2.07 bits per heavy atom. The number of hydrogen-bond acceptors (Lipinski definition) is 2. The van der Waals surface area contributed by atoms with Crippen LogP contribution in [0, 0.1) is 0 Å². The van der Waals surface area contributed by atoms with E-state index in [-0.39, 0.29) is 16.8 Å². The third-order valence-electron chi connectivity index (χ3n) is 6.28. The number of methoxy groups -OCH3 is 1. The van der Waals surface area contributed by atoms with Gasteiger partial charge in [0.25, 0.3) is 0 Å². The Morgan fingerprint density at radius 2 is 1.54 bits per heavy atom. The summed E-state index contributed by atoms with van der Waals surface area (Å²) in [4.78, 5) is 11.6. The summed E-state index contributed by atoms with van der Waals surface area (Å²) in [6.07, 6.45) is 7.81. The third-order valence-corrected chi connectivity index (χ3v) is 6.28. The van der Waals surface area contributed by atoms with E-state index in [9.17, 15) is 4.79 Å². The van der Waals surface area contributed by atoms with Crippen molar-refractivity contribution in [2.24, 2.45) is 0 Å². The summed E-state index contributed by atoms with van der Waals surface area (Å²) in [5, 5.41) is 0. The van der Waals surface area contributed by atoms with Gasteiger partial charge in [-0.1, -0.05) is 71.0 Å².